The van der Waals surface area contributed by atoms with Crippen LogP contribution < -0.4 is 0 Å². The minimum Gasteiger partial charge on any atom is -0.0856 e. The van der Waals surface area contributed by atoms with E-state index >= 15 is 0 Å². The predicted molar refractivity (Wildman–Crippen MR) is 104 cm³/mol. The summed E-state index contributed by atoms with van der Waals surface area (Å²) in [5.41, 5.74) is 6.19. The summed E-state index contributed by atoms with van der Waals surface area (Å²) in [4.78, 5) is 0. The lowest BCUT2D eigenvalue weighted by Crippen LogP contribution is -2.45. The first-order chi connectivity index (χ1) is 10.8. The Morgan fingerprint density at radius 3 is 2.65 bits per heavy atom. The van der Waals surface area contributed by atoms with Crippen LogP contribution in [0, 0.1) is 16.7 Å². The molecular weight excluding hydrogens is 276 g/mol. The summed E-state index contributed by atoms with van der Waals surface area (Å²) < 4.78 is 0. The van der Waals surface area contributed by atoms with Crippen LogP contribution in [0.2, 0.25) is 0 Å². The second kappa shape index (κ2) is 7.58. The van der Waals surface area contributed by atoms with E-state index in [1.165, 1.54) is 64.2 Å². The minimum absolute atomic E-state index is 0.480. The third kappa shape index (κ3) is 4.12. The lowest BCUT2D eigenvalue weighted by atomic mass is 9.50. The van der Waals surface area contributed by atoms with Crippen molar-refractivity contribution in [3.05, 3.63) is 22.8 Å². The van der Waals surface area contributed by atoms with E-state index in [0.717, 1.165) is 5.92 Å². The summed E-state index contributed by atoms with van der Waals surface area (Å²) in [7, 11) is 0. The topological polar surface area (TPSA) is 0 Å². The number of unbranched alkanes of at least 4 members (excludes halogenated alkanes) is 2. The lowest BCUT2D eigenvalue weighted by Gasteiger charge is -2.55. The maximum Gasteiger partial charge on any atom is -0.00803 e. The average Bonchev–Trinajstić information content (AvgIpc) is 2.45. The Kier molecular flexibility index (Phi) is 6.20. The van der Waals surface area contributed by atoms with Crippen LogP contribution in [0.5, 0.6) is 0 Å². The Labute approximate surface area is 145 Å². The van der Waals surface area contributed by atoms with Crippen LogP contribution in [0.25, 0.3) is 0 Å². The van der Waals surface area contributed by atoms with E-state index in [4.69, 9.17) is 0 Å². The largest absolute Gasteiger partial charge is 0.0856 e. The van der Waals surface area contributed by atoms with Gasteiger partial charge >= 0.3 is 0 Å². The van der Waals surface area contributed by atoms with Crippen molar-refractivity contribution in [1.29, 1.82) is 0 Å². The first-order valence-corrected chi connectivity index (χ1v) is 10.2. The van der Waals surface area contributed by atoms with Gasteiger partial charge in [0.15, 0.2) is 0 Å². The summed E-state index contributed by atoms with van der Waals surface area (Å²) >= 11 is 0. The van der Waals surface area contributed by atoms with Gasteiger partial charge in [0.25, 0.3) is 0 Å². The molecule has 0 aromatic heterocycles. The Hall–Kier alpha value is -0.520. The van der Waals surface area contributed by atoms with Crippen LogP contribution in [0.1, 0.15) is 106 Å². The van der Waals surface area contributed by atoms with Gasteiger partial charge in [0.2, 0.25) is 0 Å². The molecule has 0 unspecified atom stereocenters. The van der Waals surface area contributed by atoms with Crippen LogP contribution in [0.15, 0.2) is 22.8 Å². The lowest BCUT2D eigenvalue weighted by molar-refractivity contribution is 0.0105. The highest BCUT2D eigenvalue weighted by Crippen LogP contribution is 2.60. The highest BCUT2D eigenvalue weighted by atomic mass is 14.5. The summed E-state index contributed by atoms with van der Waals surface area (Å²) in [6, 6.07) is 0. The highest BCUT2D eigenvalue weighted by molar-refractivity contribution is 5.28. The summed E-state index contributed by atoms with van der Waals surface area (Å²) in [6.07, 6.45) is 16.0. The molecule has 2 aliphatic rings. The second-order valence-corrected chi connectivity index (χ2v) is 9.30. The molecule has 0 heterocycles. The van der Waals surface area contributed by atoms with Crippen molar-refractivity contribution in [3.8, 4) is 0 Å². The molecule has 2 rings (SSSR count). The van der Waals surface area contributed by atoms with E-state index in [-0.39, 0.29) is 0 Å². The molecule has 0 N–H and O–H groups in total. The van der Waals surface area contributed by atoms with Crippen LogP contribution in [0.3, 0.4) is 0 Å². The second-order valence-electron chi connectivity index (χ2n) is 9.30. The predicted octanol–water partition coefficient (Wildman–Crippen LogP) is 7.85. The van der Waals surface area contributed by atoms with Crippen LogP contribution >= 0.6 is 0 Å². The van der Waals surface area contributed by atoms with Crippen LogP contribution in [0.4, 0.5) is 0 Å². The normalized spacial score (nSPS) is 31.2. The molecule has 0 amide bonds. The van der Waals surface area contributed by atoms with E-state index in [1.807, 2.05) is 5.57 Å². The van der Waals surface area contributed by atoms with Gasteiger partial charge < -0.3 is 0 Å². The fourth-order valence-corrected chi connectivity index (χ4v) is 5.67. The molecule has 2 aliphatic carbocycles. The molecule has 0 aromatic rings. The Balaban J connectivity index is 2.11. The zero-order valence-corrected chi connectivity index (χ0v) is 16.7. The maximum absolute atomic E-state index is 2.60. The molecule has 0 bridgehead atoms. The maximum atomic E-state index is 2.60. The molecule has 1 saturated carbocycles. The standard InChI is InChI=1S/C23H40/c1-7-8-9-11-18(2)12-14-20-19(3)13-15-21-22(4,5)16-10-17-23(20,21)6/h11,21H,7-10,12-17H2,1-6H3/b18-11+/t21-,23+/m0/s1. The Morgan fingerprint density at radius 2 is 1.96 bits per heavy atom. The van der Waals surface area contributed by atoms with Crippen molar-refractivity contribution < 1.29 is 0 Å². The van der Waals surface area contributed by atoms with Gasteiger partial charge in [0, 0.05) is 0 Å². The van der Waals surface area contributed by atoms with Crippen molar-refractivity contribution in [3.63, 3.8) is 0 Å². The van der Waals surface area contributed by atoms with Gasteiger partial charge in [-0.15, -0.1) is 0 Å². The van der Waals surface area contributed by atoms with Gasteiger partial charge in [-0.25, -0.2) is 0 Å². The molecule has 0 radical (unpaired) electrons. The van der Waals surface area contributed by atoms with Gasteiger partial charge in [0.05, 0.1) is 0 Å². The first-order valence-electron chi connectivity index (χ1n) is 10.2. The molecule has 0 spiro atoms. The number of fused-ring (bicyclic) bond motifs is 1. The SMILES string of the molecule is CCCC/C=C(\C)CCC1=C(C)CC[C@H]2C(C)(C)CCC[C@]12C. The van der Waals surface area contributed by atoms with Crippen LogP contribution in [-0.2, 0) is 0 Å². The molecule has 0 nitrogen and oxygen atoms in total. The molecule has 0 heteroatoms. The fourth-order valence-electron chi connectivity index (χ4n) is 5.67. The Morgan fingerprint density at radius 1 is 1.22 bits per heavy atom. The molecule has 132 valence electrons. The van der Waals surface area contributed by atoms with E-state index in [9.17, 15) is 0 Å². The monoisotopic (exact) mass is 316 g/mol. The van der Waals surface area contributed by atoms with Crippen molar-refractivity contribution in [2.75, 3.05) is 0 Å². The molecular formula is C23H40. The quantitative estimate of drug-likeness (QED) is 0.346. The smallest absolute Gasteiger partial charge is 0.00803 e. The molecule has 2 atom stereocenters. The van der Waals surface area contributed by atoms with Crippen LogP contribution in [-0.4, -0.2) is 0 Å². The van der Waals surface area contributed by atoms with Crippen molar-refractivity contribution in [2.45, 2.75) is 106 Å². The van der Waals surface area contributed by atoms with E-state index in [0.29, 0.717) is 10.8 Å². The van der Waals surface area contributed by atoms with Crippen molar-refractivity contribution in [1.82, 2.24) is 0 Å². The van der Waals surface area contributed by atoms with Crippen molar-refractivity contribution in [2.24, 2.45) is 16.7 Å². The number of hydrogen-bond donors (Lipinski definition) is 0. The summed E-state index contributed by atoms with van der Waals surface area (Å²) in [5, 5.41) is 0. The molecule has 0 aromatic carbocycles. The number of hydrogen-bond acceptors (Lipinski definition) is 0. The van der Waals surface area contributed by atoms with Gasteiger partial charge in [-0.05, 0) is 75.5 Å². The first kappa shape index (κ1) is 18.8. The summed E-state index contributed by atoms with van der Waals surface area (Å²) in [6.45, 7) is 14.7. The van der Waals surface area contributed by atoms with Crippen molar-refractivity contribution >= 4 is 0 Å². The molecule has 0 aliphatic heterocycles. The summed E-state index contributed by atoms with van der Waals surface area (Å²) in [5.74, 6) is 0.895. The Bertz CT molecular complexity index is 462. The van der Waals surface area contributed by atoms with E-state index in [1.54, 1.807) is 11.1 Å². The third-order valence-electron chi connectivity index (χ3n) is 7.06. The molecule has 0 saturated heterocycles. The van der Waals surface area contributed by atoms with Gasteiger partial charge in [0.1, 0.15) is 0 Å². The highest BCUT2D eigenvalue weighted by Gasteiger charge is 2.49. The molecule has 23 heavy (non-hydrogen) atoms. The van der Waals surface area contributed by atoms with Gasteiger partial charge in [-0.1, -0.05) is 69.8 Å². The minimum atomic E-state index is 0.480. The number of rotatable bonds is 6. The van der Waals surface area contributed by atoms with E-state index in [2.05, 4.69) is 47.6 Å². The van der Waals surface area contributed by atoms with Gasteiger partial charge in [-0.2, -0.15) is 0 Å². The molecule has 1 fully saturated rings. The van der Waals surface area contributed by atoms with Gasteiger partial charge in [-0.3, -0.25) is 0 Å². The fraction of sp³-hybridized carbons (Fsp3) is 0.826. The number of allylic oxidation sites excluding steroid dienone is 4. The zero-order valence-electron chi connectivity index (χ0n) is 16.7. The third-order valence-corrected chi connectivity index (χ3v) is 7.06. The zero-order chi connectivity index (χ0) is 17.1. The average molecular weight is 317 g/mol. The van der Waals surface area contributed by atoms with E-state index < -0.39 is 0 Å².